The lowest BCUT2D eigenvalue weighted by molar-refractivity contribution is -0.836. The fourth-order valence-corrected chi connectivity index (χ4v) is 5.28. The maximum atomic E-state index is 13.5. The highest BCUT2D eigenvalue weighted by molar-refractivity contribution is 7.89. The summed E-state index contributed by atoms with van der Waals surface area (Å²) < 4.78 is 48.9. The molecule has 2 aliphatic rings. The number of aryl methyl sites for hydroxylation is 2. The third-order valence-corrected chi connectivity index (χ3v) is 6.76. The molecular weight excluding hydrogens is 403 g/mol. The van der Waals surface area contributed by atoms with E-state index >= 15 is 0 Å². The third kappa shape index (κ3) is 3.62. The number of carbonyl (C=O) groups is 1. The van der Waals surface area contributed by atoms with Gasteiger partial charge in [0.15, 0.2) is 11.4 Å². The van der Waals surface area contributed by atoms with Crippen LogP contribution in [0.3, 0.4) is 0 Å². The highest BCUT2D eigenvalue weighted by Crippen LogP contribution is 2.33. The van der Waals surface area contributed by atoms with Gasteiger partial charge < -0.3 is 24.9 Å². The summed E-state index contributed by atoms with van der Waals surface area (Å²) in [6, 6.07) is 3.62. The van der Waals surface area contributed by atoms with Crippen molar-refractivity contribution >= 4 is 21.6 Å². The van der Waals surface area contributed by atoms with Crippen molar-refractivity contribution < 1.29 is 27.4 Å². The summed E-state index contributed by atoms with van der Waals surface area (Å²) in [6.07, 6.45) is 1.31. The Labute approximate surface area is 167 Å². The quantitative estimate of drug-likeness (QED) is 0.576. The Morgan fingerprint density at radius 2 is 2.17 bits per heavy atom. The molecule has 29 heavy (non-hydrogen) atoms. The van der Waals surface area contributed by atoms with E-state index in [4.69, 9.17) is 4.74 Å². The molecule has 4 rings (SSSR count). The van der Waals surface area contributed by atoms with Crippen molar-refractivity contribution in [2.45, 2.75) is 17.9 Å². The second-order valence-corrected chi connectivity index (χ2v) is 9.13. The van der Waals surface area contributed by atoms with Crippen LogP contribution in [0.4, 0.5) is 10.1 Å². The SMILES string of the molecule is Cc1cc(NC(=O)c2c3c(cn2C)S(=O)(=O)N[C@H]2C[NH+]([O-])C[C@H]2CO3)ccc1F. The molecule has 3 N–H and O–H groups in total. The Morgan fingerprint density at radius 1 is 1.41 bits per heavy atom. The zero-order chi connectivity index (χ0) is 20.9. The van der Waals surface area contributed by atoms with Gasteiger partial charge in [-0.25, -0.2) is 17.5 Å². The second-order valence-electron chi connectivity index (χ2n) is 7.45. The third-order valence-electron chi connectivity index (χ3n) is 5.28. The monoisotopic (exact) mass is 424 g/mol. The van der Waals surface area contributed by atoms with Crippen LogP contribution in [0.1, 0.15) is 16.1 Å². The minimum absolute atomic E-state index is 0.0233. The minimum Gasteiger partial charge on any atom is -0.634 e. The Morgan fingerprint density at radius 3 is 2.90 bits per heavy atom. The molecule has 0 spiro atoms. The first-order chi connectivity index (χ1) is 13.7. The lowest BCUT2D eigenvalue weighted by atomic mass is 10.1. The van der Waals surface area contributed by atoms with Gasteiger partial charge in [0.25, 0.3) is 5.91 Å². The van der Waals surface area contributed by atoms with E-state index in [0.717, 1.165) is 0 Å². The molecule has 0 saturated carbocycles. The summed E-state index contributed by atoms with van der Waals surface area (Å²) in [5.41, 5.74) is 0.761. The summed E-state index contributed by atoms with van der Waals surface area (Å²) >= 11 is 0. The number of benzene rings is 1. The second kappa shape index (κ2) is 7.10. The summed E-state index contributed by atoms with van der Waals surface area (Å²) in [5.74, 6) is -1.34. The van der Waals surface area contributed by atoms with E-state index in [9.17, 15) is 22.8 Å². The molecular formula is C18H21FN4O5S. The molecule has 1 aromatic carbocycles. The number of carbonyl (C=O) groups excluding carboxylic acids is 1. The fraction of sp³-hybridized carbons (Fsp3) is 0.389. The first kappa shape index (κ1) is 19.8. The molecule has 3 atom stereocenters. The number of anilines is 1. The zero-order valence-corrected chi connectivity index (χ0v) is 16.7. The number of ether oxygens (including phenoxy) is 1. The van der Waals surface area contributed by atoms with Crippen molar-refractivity contribution in [1.29, 1.82) is 0 Å². The molecule has 1 fully saturated rings. The number of hydrogen-bond acceptors (Lipinski definition) is 5. The molecule has 0 radical (unpaired) electrons. The smallest absolute Gasteiger partial charge is 0.276 e. The number of quaternary nitrogens is 1. The van der Waals surface area contributed by atoms with Crippen LogP contribution in [0.15, 0.2) is 29.3 Å². The van der Waals surface area contributed by atoms with E-state index in [2.05, 4.69) is 10.0 Å². The predicted octanol–water partition coefficient (Wildman–Crippen LogP) is -0.223. The van der Waals surface area contributed by atoms with Crippen molar-refractivity contribution in [3.8, 4) is 5.75 Å². The van der Waals surface area contributed by atoms with Gasteiger partial charge in [0.05, 0.1) is 31.7 Å². The lowest BCUT2D eigenvalue weighted by Gasteiger charge is -2.22. The average molecular weight is 424 g/mol. The molecule has 156 valence electrons. The van der Waals surface area contributed by atoms with Crippen LogP contribution in [-0.2, 0) is 17.1 Å². The van der Waals surface area contributed by atoms with E-state index in [1.54, 1.807) is 14.0 Å². The van der Waals surface area contributed by atoms with Crippen LogP contribution in [0, 0.1) is 23.9 Å². The Kier molecular flexibility index (Phi) is 4.85. The topological polar surface area (TPSA) is 117 Å². The molecule has 11 heteroatoms. The van der Waals surface area contributed by atoms with E-state index in [0.29, 0.717) is 11.3 Å². The van der Waals surface area contributed by atoms with Crippen LogP contribution >= 0.6 is 0 Å². The van der Waals surface area contributed by atoms with Gasteiger partial charge in [-0.3, -0.25) is 4.79 Å². The van der Waals surface area contributed by atoms with Crippen LogP contribution in [0.5, 0.6) is 5.75 Å². The van der Waals surface area contributed by atoms with Gasteiger partial charge in [0, 0.05) is 18.9 Å². The number of aromatic nitrogens is 1. The highest BCUT2D eigenvalue weighted by Gasteiger charge is 2.41. The van der Waals surface area contributed by atoms with Crippen LogP contribution in [-0.4, -0.2) is 44.6 Å². The van der Waals surface area contributed by atoms with Gasteiger partial charge in [0.1, 0.15) is 10.7 Å². The van der Waals surface area contributed by atoms with Gasteiger partial charge in [-0.15, -0.1) is 0 Å². The maximum Gasteiger partial charge on any atom is 0.276 e. The summed E-state index contributed by atoms with van der Waals surface area (Å²) in [5, 5.41) is 14.4. The van der Waals surface area contributed by atoms with Crippen molar-refractivity contribution in [2.75, 3.05) is 25.0 Å². The molecule has 2 aromatic rings. The molecule has 0 bridgehead atoms. The first-order valence-corrected chi connectivity index (χ1v) is 10.6. The molecule has 1 unspecified atom stereocenters. The molecule has 1 saturated heterocycles. The highest BCUT2D eigenvalue weighted by atomic mass is 32.2. The number of amides is 1. The summed E-state index contributed by atoms with van der Waals surface area (Å²) in [4.78, 5) is 12.7. The normalized spacial score (nSPS) is 25.3. The van der Waals surface area contributed by atoms with Crippen molar-refractivity contribution in [3.63, 3.8) is 0 Å². The number of hydrogen-bond donors (Lipinski definition) is 3. The number of rotatable bonds is 2. The Hall–Kier alpha value is -2.47. The molecule has 9 nitrogen and oxygen atoms in total. The van der Waals surface area contributed by atoms with Gasteiger partial charge >= 0.3 is 0 Å². The maximum absolute atomic E-state index is 13.5. The van der Waals surface area contributed by atoms with Gasteiger partial charge in [-0.1, -0.05) is 0 Å². The van der Waals surface area contributed by atoms with Gasteiger partial charge in [0.2, 0.25) is 10.0 Å². The Balaban J connectivity index is 1.69. The number of halogens is 1. The summed E-state index contributed by atoms with van der Waals surface area (Å²) in [6.45, 7) is 2.05. The lowest BCUT2D eigenvalue weighted by Crippen LogP contribution is -3.05. The van der Waals surface area contributed by atoms with E-state index < -0.39 is 27.8 Å². The van der Waals surface area contributed by atoms with Crippen LogP contribution in [0.2, 0.25) is 0 Å². The molecule has 2 aliphatic heterocycles. The largest absolute Gasteiger partial charge is 0.634 e. The first-order valence-electron chi connectivity index (χ1n) is 9.09. The number of sulfonamides is 1. The van der Waals surface area contributed by atoms with Crippen LogP contribution in [0.25, 0.3) is 0 Å². The van der Waals surface area contributed by atoms with Crippen molar-refractivity contribution in [1.82, 2.24) is 9.29 Å². The van der Waals surface area contributed by atoms with Crippen LogP contribution < -0.4 is 19.8 Å². The zero-order valence-electron chi connectivity index (χ0n) is 15.9. The van der Waals surface area contributed by atoms with Crippen molar-refractivity contribution in [2.24, 2.45) is 13.0 Å². The predicted molar refractivity (Wildman–Crippen MR) is 102 cm³/mol. The summed E-state index contributed by atoms with van der Waals surface area (Å²) in [7, 11) is -2.44. The van der Waals surface area contributed by atoms with Crippen molar-refractivity contribution in [3.05, 3.63) is 46.7 Å². The fourth-order valence-electron chi connectivity index (χ4n) is 3.78. The van der Waals surface area contributed by atoms with Gasteiger partial charge in [-0.05, 0) is 30.7 Å². The van der Waals surface area contributed by atoms with Gasteiger partial charge in [-0.2, -0.15) is 0 Å². The number of nitrogens with zero attached hydrogens (tertiary/aromatic N) is 1. The van der Waals surface area contributed by atoms with E-state index in [1.807, 2.05) is 0 Å². The van der Waals surface area contributed by atoms with E-state index in [-0.39, 0.29) is 47.0 Å². The number of hydroxylamine groups is 2. The number of nitrogens with one attached hydrogen (secondary N) is 3. The molecule has 1 amide bonds. The molecule has 3 heterocycles. The standard InChI is InChI=1S/C18H21FN4O5S/c1-10-5-12(3-4-13(10)19)20-18(24)16-17-15(8-22(16)2)29(26,27)21-14-7-23(25)6-11(14)9-28-17/h3-5,8,11,14,21,23H,6-7,9H2,1-2H3,(H,20,24)/t11-,14-/m0/s1. The molecule has 0 aliphatic carbocycles. The average Bonchev–Trinajstić information content (AvgIpc) is 3.14. The Bertz CT molecular complexity index is 1080. The number of fused-ring (bicyclic) bond motifs is 2. The van der Waals surface area contributed by atoms with E-state index in [1.165, 1.54) is 29.0 Å². The minimum atomic E-state index is -3.98. The molecule has 1 aromatic heterocycles.